The van der Waals surface area contributed by atoms with Crippen molar-refractivity contribution in [3.05, 3.63) is 36.3 Å². The van der Waals surface area contributed by atoms with Crippen LogP contribution in [0.3, 0.4) is 0 Å². The summed E-state index contributed by atoms with van der Waals surface area (Å²) in [5.41, 5.74) is -0.0296. The number of aromatic carboxylic acids is 1. The van der Waals surface area contributed by atoms with Crippen molar-refractivity contribution in [1.29, 1.82) is 0 Å². The van der Waals surface area contributed by atoms with E-state index in [2.05, 4.69) is 6.58 Å². The maximum atomic E-state index is 11.8. The molecule has 1 aromatic rings. The Hall–Kier alpha value is -2.04. The van der Waals surface area contributed by atoms with Gasteiger partial charge in [-0.1, -0.05) is 6.08 Å². The van der Waals surface area contributed by atoms with Gasteiger partial charge in [0.2, 0.25) is 0 Å². The van der Waals surface area contributed by atoms with Crippen molar-refractivity contribution in [2.24, 2.45) is 0 Å². The van der Waals surface area contributed by atoms with E-state index in [-0.39, 0.29) is 17.2 Å². The van der Waals surface area contributed by atoms with Crippen LogP contribution >= 0.6 is 0 Å². The molecule has 0 unspecified atom stereocenters. The normalized spacial score (nSPS) is 9.81. The molecular formula is C11H13NO4. The second-order valence-electron chi connectivity index (χ2n) is 3.14. The molecule has 0 bridgehead atoms. The number of hydrogen-bond acceptors (Lipinski definition) is 3. The van der Waals surface area contributed by atoms with Crippen molar-refractivity contribution in [1.82, 2.24) is 4.90 Å². The van der Waals surface area contributed by atoms with E-state index in [0.29, 0.717) is 13.1 Å². The number of hydrogen-bond donors (Lipinski definition) is 1. The largest absolute Gasteiger partial charge is 0.478 e. The SMILES string of the molecule is C=CCN(CC)C(=O)c1cc(C(=O)O)co1. The molecule has 0 radical (unpaired) electrons. The Balaban J connectivity index is 2.86. The molecule has 0 atom stereocenters. The number of likely N-dealkylation sites (N-methyl/N-ethyl adjacent to an activating group) is 1. The van der Waals surface area contributed by atoms with E-state index in [4.69, 9.17) is 9.52 Å². The molecule has 0 aliphatic carbocycles. The van der Waals surface area contributed by atoms with E-state index in [1.165, 1.54) is 11.0 Å². The minimum atomic E-state index is -1.12. The zero-order valence-corrected chi connectivity index (χ0v) is 8.97. The summed E-state index contributed by atoms with van der Waals surface area (Å²) in [6.07, 6.45) is 2.65. The first kappa shape index (κ1) is 12.0. The van der Waals surface area contributed by atoms with E-state index in [0.717, 1.165) is 6.26 Å². The molecule has 0 spiro atoms. The lowest BCUT2D eigenvalue weighted by molar-refractivity contribution is 0.0694. The highest BCUT2D eigenvalue weighted by Gasteiger charge is 2.18. The molecule has 5 heteroatoms. The van der Waals surface area contributed by atoms with Crippen LogP contribution < -0.4 is 0 Å². The summed E-state index contributed by atoms with van der Waals surface area (Å²) >= 11 is 0. The van der Waals surface area contributed by atoms with Crippen LogP contribution in [0.2, 0.25) is 0 Å². The predicted molar refractivity (Wildman–Crippen MR) is 57.4 cm³/mol. The highest BCUT2D eigenvalue weighted by atomic mass is 16.4. The van der Waals surface area contributed by atoms with Crippen LogP contribution in [-0.2, 0) is 0 Å². The van der Waals surface area contributed by atoms with Crippen LogP contribution in [-0.4, -0.2) is 35.0 Å². The van der Waals surface area contributed by atoms with Crippen LogP contribution in [0, 0.1) is 0 Å². The number of rotatable bonds is 5. The monoisotopic (exact) mass is 223 g/mol. The van der Waals surface area contributed by atoms with E-state index in [9.17, 15) is 9.59 Å². The van der Waals surface area contributed by atoms with Crippen molar-refractivity contribution < 1.29 is 19.1 Å². The first-order chi connectivity index (χ1) is 7.60. The molecule has 0 saturated heterocycles. The molecule has 0 aromatic carbocycles. The summed E-state index contributed by atoms with van der Waals surface area (Å²) in [6.45, 7) is 6.27. The summed E-state index contributed by atoms with van der Waals surface area (Å²) < 4.78 is 4.91. The van der Waals surface area contributed by atoms with E-state index < -0.39 is 5.97 Å². The first-order valence-corrected chi connectivity index (χ1v) is 4.82. The lowest BCUT2D eigenvalue weighted by Gasteiger charge is -2.16. The number of carbonyl (C=O) groups excluding carboxylic acids is 1. The zero-order chi connectivity index (χ0) is 12.1. The fraction of sp³-hybridized carbons (Fsp3) is 0.273. The van der Waals surface area contributed by atoms with Gasteiger partial charge < -0.3 is 14.4 Å². The number of amides is 1. The predicted octanol–water partition coefficient (Wildman–Crippen LogP) is 1.63. The van der Waals surface area contributed by atoms with Gasteiger partial charge in [0.05, 0.1) is 5.56 Å². The smallest absolute Gasteiger partial charge is 0.338 e. The Morgan fingerprint density at radius 3 is 2.75 bits per heavy atom. The minimum Gasteiger partial charge on any atom is -0.478 e. The minimum absolute atomic E-state index is 0.0288. The van der Waals surface area contributed by atoms with Gasteiger partial charge in [-0.25, -0.2) is 4.79 Å². The summed E-state index contributed by atoms with van der Waals surface area (Å²) in [5, 5.41) is 8.68. The van der Waals surface area contributed by atoms with E-state index in [1.54, 1.807) is 6.08 Å². The van der Waals surface area contributed by atoms with E-state index >= 15 is 0 Å². The maximum Gasteiger partial charge on any atom is 0.338 e. The van der Waals surface area contributed by atoms with Gasteiger partial charge in [0.1, 0.15) is 6.26 Å². The Kier molecular flexibility index (Phi) is 3.88. The fourth-order valence-electron chi connectivity index (χ4n) is 1.23. The molecule has 0 fully saturated rings. The number of carbonyl (C=O) groups is 2. The number of furan rings is 1. The molecule has 1 rings (SSSR count). The van der Waals surface area contributed by atoms with Crippen molar-refractivity contribution in [3.8, 4) is 0 Å². The zero-order valence-electron chi connectivity index (χ0n) is 8.97. The van der Waals surface area contributed by atoms with Crippen LogP contribution in [0.5, 0.6) is 0 Å². The third-order valence-corrected chi connectivity index (χ3v) is 2.08. The Morgan fingerprint density at radius 2 is 2.31 bits per heavy atom. The summed E-state index contributed by atoms with van der Waals surface area (Å²) in [4.78, 5) is 23.9. The second-order valence-corrected chi connectivity index (χ2v) is 3.14. The van der Waals surface area contributed by atoms with Gasteiger partial charge in [-0.3, -0.25) is 4.79 Å². The highest BCUT2D eigenvalue weighted by molar-refractivity contribution is 5.95. The van der Waals surface area contributed by atoms with Gasteiger partial charge in [0.15, 0.2) is 5.76 Å². The lowest BCUT2D eigenvalue weighted by Crippen LogP contribution is -2.30. The van der Waals surface area contributed by atoms with Crippen molar-refractivity contribution >= 4 is 11.9 Å². The quantitative estimate of drug-likeness (QED) is 0.770. The molecule has 1 heterocycles. The Morgan fingerprint density at radius 1 is 1.62 bits per heavy atom. The summed E-state index contributed by atoms with van der Waals surface area (Å²) in [7, 11) is 0. The highest BCUT2D eigenvalue weighted by Crippen LogP contribution is 2.10. The van der Waals surface area contributed by atoms with Crippen molar-refractivity contribution in [2.45, 2.75) is 6.92 Å². The van der Waals surface area contributed by atoms with Gasteiger partial charge in [-0.2, -0.15) is 0 Å². The standard InChI is InChI=1S/C11H13NO4/c1-3-5-12(4-2)10(13)9-6-8(7-16-9)11(14)15/h3,6-7H,1,4-5H2,2H3,(H,14,15). The molecule has 5 nitrogen and oxygen atoms in total. The van der Waals surface area contributed by atoms with Gasteiger partial charge in [-0.05, 0) is 6.92 Å². The molecule has 16 heavy (non-hydrogen) atoms. The van der Waals surface area contributed by atoms with Crippen LogP contribution in [0.1, 0.15) is 27.8 Å². The molecule has 0 aliphatic rings. The molecule has 1 aromatic heterocycles. The Labute approximate surface area is 93.0 Å². The van der Waals surface area contributed by atoms with Crippen LogP contribution in [0.15, 0.2) is 29.4 Å². The third kappa shape index (κ3) is 2.50. The van der Waals surface area contributed by atoms with Crippen molar-refractivity contribution in [3.63, 3.8) is 0 Å². The van der Waals surface area contributed by atoms with Crippen molar-refractivity contribution in [2.75, 3.05) is 13.1 Å². The lowest BCUT2D eigenvalue weighted by atomic mass is 10.3. The Bertz CT molecular complexity index is 408. The molecule has 86 valence electrons. The molecular weight excluding hydrogens is 210 g/mol. The average molecular weight is 223 g/mol. The van der Waals surface area contributed by atoms with Gasteiger partial charge in [-0.15, -0.1) is 6.58 Å². The van der Waals surface area contributed by atoms with Crippen LogP contribution in [0.4, 0.5) is 0 Å². The third-order valence-electron chi connectivity index (χ3n) is 2.08. The molecule has 0 saturated carbocycles. The maximum absolute atomic E-state index is 11.8. The van der Waals surface area contributed by atoms with E-state index in [1.807, 2.05) is 6.92 Å². The average Bonchev–Trinajstić information content (AvgIpc) is 2.74. The van der Waals surface area contributed by atoms with Gasteiger partial charge in [0.25, 0.3) is 5.91 Å². The number of carboxylic acid groups (broad SMARTS) is 1. The molecule has 1 amide bonds. The fourth-order valence-corrected chi connectivity index (χ4v) is 1.23. The van der Waals surface area contributed by atoms with Crippen LogP contribution in [0.25, 0.3) is 0 Å². The van der Waals surface area contributed by atoms with Gasteiger partial charge in [0, 0.05) is 19.2 Å². The topological polar surface area (TPSA) is 70.8 Å². The van der Waals surface area contributed by atoms with Gasteiger partial charge >= 0.3 is 5.97 Å². The summed E-state index contributed by atoms with van der Waals surface area (Å²) in [6, 6.07) is 1.22. The molecule has 1 N–H and O–H groups in total. The first-order valence-electron chi connectivity index (χ1n) is 4.82. The summed E-state index contributed by atoms with van der Waals surface area (Å²) in [5.74, 6) is -1.43. The molecule has 0 aliphatic heterocycles. The number of nitrogens with zero attached hydrogens (tertiary/aromatic N) is 1. The number of carboxylic acids is 1. The second kappa shape index (κ2) is 5.16.